The molecule has 0 aliphatic heterocycles. The van der Waals surface area contributed by atoms with E-state index in [0.29, 0.717) is 6.04 Å². The molecule has 1 unspecified atom stereocenters. The normalized spacial score (nSPS) is 12.2. The highest BCUT2D eigenvalue weighted by Gasteiger charge is 2.15. The second kappa shape index (κ2) is 9.84. The van der Waals surface area contributed by atoms with Crippen LogP contribution in [0.1, 0.15) is 50.6 Å². The summed E-state index contributed by atoms with van der Waals surface area (Å²) in [6.45, 7) is 6.82. The van der Waals surface area contributed by atoms with Gasteiger partial charge in [-0.25, -0.2) is 0 Å². The molecule has 0 aliphatic rings. The van der Waals surface area contributed by atoms with E-state index < -0.39 is 0 Å². The second-order valence-electron chi connectivity index (χ2n) is 4.92. The molecule has 2 nitrogen and oxygen atoms in total. The number of ether oxygens (including phenoxy) is 1. The number of hydrogen-bond acceptors (Lipinski definition) is 2. The summed E-state index contributed by atoms with van der Waals surface area (Å²) < 4.78 is 5.46. The zero-order valence-electron chi connectivity index (χ0n) is 12.6. The number of halogens is 1. The summed E-state index contributed by atoms with van der Waals surface area (Å²) in [6.07, 6.45) is 7.84. The van der Waals surface area contributed by atoms with Gasteiger partial charge in [0.2, 0.25) is 0 Å². The van der Waals surface area contributed by atoms with E-state index in [9.17, 15) is 0 Å². The fourth-order valence-corrected chi connectivity index (χ4v) is 2.59. The van der Waals surface area contributed by atoms with Gasteiger partial charge >= 0.3 is 0 Å². The largest absolute Gasteiger partial charge is 0.496 e. The van der Waals surface area contributed by atoms with E-state index in [1.807, 2.05) is 24.3 Å². The molecule has 0 heterocycles. The molecule has 0 aromatic heterocycles. The molecule has 1 aromatic rings. The van der Waals surface area contributed by atoms with Gasteiger partial charge in [0.1, 0.15) is 5.75 Å². The molecular weight excluding hydrogens is 270 g/mol. The molecule has 0 saturated heterocycles. The van der Waals surface area contributed by atoms with E-state index in [1.165, 1.54) is 19.3 Å². The monoisotopic (exact) mass is 295 g/mol. The van der Waals surface area contributed by atoms with E-state index in [0.717, 1.165) is 35.7 Å². The fraction of sp³-hybridized carbons (Fsp3) is 0.529. The van der Waals surface area contributed by atoms with E-state index >= 15 is 0 Å². The second-order valence-corrected chi connectivity index (χ2v) is 5.36. The van der Waals surface area contributed by atoms with Crippen LogP contribution in [0, 0.1) is 0 Å². The summed E-state index contributed by atoms with van der Waals surface area (Å²) >= 11 is 6.13. The lowest BCUT2D eigenvalue weighted by molar-refractivity contribution is 0.393. The van der Waals surface area contributed by atoms with Crippen LogP contribution in [0.15, 0.2) is 30.9 Å². The van der Waals surface area contributed by atoms with Gasteiger partial charge in [-0.05, 0) is 44.0 Å². The van der Waals surface area contributed by atoms with Crippen LogP contribution >= 0.6 is 11.6 Å². The number of nitrogens with one attached hydrogen (secondary N) is 1. The van der Waals surface area contributed by atoms with Gasteiger partial charge in [-0.15, -0.1) is 6.58 Å². The predicted octanol–water partition coefficient (Wildman–Crippen LogP) is 5.14. The Morgan fingerprint density at radius 2 is 2.15 bits per heavy atom. The third-order valence-corrected chi connectivity index (χ3v) is 3.65. The van der Waals surface area contributed by atoms with Crippen molar-refractivity contribution < 1.29 is 4.74 Å². The molecule has 1 aromatic carbocycles. The number of unbranched alkanes of at least 4 members (excludes halogenated alkanes) is 3. The van der Waals surface area contributed by atoms with Crippen LogP contribution in [-0.4, -0.2) is 13.7 Å². The minimum absolute atomic E-state index is 0.303. The topological polar surface area (TPSA) is 21.3 Å². The van der Waals surface area contributed by atoms with Gasteiger partial charge in [0.05, 0.1) is 7.11 Å². The van der Waals surface area contributed by atoms with Crippen molar-refractivity contribution in [3.63, 3.8) is 0 Å². The minimum atomic E-state index is 0.303. The van der Waals surface area contributed by atoms with E-state index in [1.54, 1.807) is 7.11 Å². The molecule has 0 fully saturated rings. The maximum absolute atomic E-state index is 6.13. The Kier molecular flexibility index (Phi) is 8.40. The summed E-state index contributed by atoms with van der Waals surface area (Å²) in [5.41, 5.74) is 1.16. The predicted molar refractivity (Wildman–Crippen MR) is 87.7 cm³/mol. The lowest BCUT2D eigenvalue weighted by Gasteiger charge is -2.21. The summed E-state index contributed by atoms with van der Waals surface area (Å²) in [6, 6.07) is 6.13. The summed E-state index contributed by atoms with van der Waals surface area (Å²) in [7, 11) is 1.71. The van der Waals surface area contributed by atoms with Crippen LogP contribution in [0.2, 0.25) is 5.02 Å². The first-order chi connectivity index (χ1) is 9.72. The molecule has 1 rings (SSSR count). The molecule has 20 heavy (non-hydrogen) atoms. The van der Waals surface area contributed by atoms with Crippen LogP contribution in [0.25, 0.3) is 0 Å². The van der Waals surface area contributed by atoms with Gasteiger partial charge in [0.15, 0.2) is 0 Å². The lowest BCUT2D eigenvalue weighted by Crippen LogP contribution is -2.21. The van der Waals surface area contributed by atoms with Crippen LogP contribution < -0.4 is 10.1 Å². The zero-order valence-corrected chi connectivity index (χ0v) is 13.4. The first-order valence-corrected chi connectivity index (χ1v) is 7.78. The first-order valence-electron chi connectivity index (χ1n) is 7.40. The highest BCUT2D eigenvalue weighted by atomic mass is 35.5. The SMILES string of the molecule is C=CCCCCCC(NCC)c1cc(Cl)ccc1OC. The Balaban J connectivity index is 2.69. The smallest absolute Gasteiger partial charge is 0.123 e. The average Bonchev–Trinajstić information content (AvgIpc) is 2.46. The third kappa shape index (κ3) is 5.56. The summed E-state index contributed by atoms with van der Waals surface area (Å²) in [5.74, 6) is 0.909. The van der Waals surface area contributed by atoms with Crippen molar-refractivity contribution in [3.8, 4) is 5.75 Å². The molecule has 0 saturated carbocycles. The number of methoxy groups -OCH3 is 1. The van der Waals surface area contributed by atoms with Crippen molar-refractivity contribution in [3.05, 3.63) is 41.4 Å². The molecule has 0 bridgehead atoms. The Morgan fingerprint density at radius 3 is 2.80 bits per heavy atom. The highest BCUT2D eigenvalue weighted by molar-refractivity contribution is 6.30. The Labute approximate surface area is 128 Å². The highest BCUT2D eigenvalue weighted by Crippen LogP contribution is 2.31. The van der Waals surface area contributed by atoms with Crippen LogP contribution in [0.3, 0.4) is 0 Å². The molecule has 0 amide bonds. The van der Waals surface area contributed by atoms with Gasteiger partial charge in [-0.1, -0.05) is 37.4 Å². The van der Waals surface area contributed by atoms with Crippen molar-refractivity contribution in [2.45, 2.75) is 45.1 Å². The van der Waals surface area contributed by atoms with Gasteiger partial charge < -0.3 is 10.1 Å². The Hall–Kier alpha value is -0.990. The summed E-state index contributed by atoms with van der Waals surface area (Å²) in [5, 5.41) is 4.29. The Bertz CT molecular complexity index is 406. The van der Waals surface area contributed by atoms with Crippen molar-refractivity contribution in [1.29, 1.82) is 0 Å². The van der Waals surface area contributed by atoms with Crippen molar-refractivity contribution in [1.82, 2.24) is 5.32 Å². The quantitative estimate of drug-likeness (QED) is 0.477. The van der Waals surface area contributed by atoms with Gasteiger partial charge in [0, 0.05) is 16.6 Å². The molecule has 0 radical (unpaired) electrons. The first kappa shape index (κ1) is 17.1. The minimum Gasteiger partial charge on any atom is -0.496 e. The maximum atomic E-state index is 6.13. The standard InChI is InChI=1S/C17H26ClNO/c1-4-6-7-8-9-10-16(19-5-2)15-13-14(18)11-12-17(15)20-3/h4,11-13,16,19H,1,5-10H2,2-3H3. The number of allylic oxidation sites excluding steroid dienone is 1. The van der Waals surface area contributed by atoms with Crippen LogP contribution in [0.4, 0.5) is 0 Å². The van der Waals surface area contributed by atoms with Crippen molar-refractivity contribution in [2.75, 3.05) is 13.7 Å². The van der Waals surface area contributed by atoms with E-state index in [2.05, 4.69) is 18.8 Å². The molecular formula is C17H26ClNO. The number of hydrogen-bond donors (Lipinski definition) is 1. The van der Waals surface area contributed by atoms with Crippen LogP contribution in [0.5, 0.6) is 5.75 Å². The molecule has 112 valence electrons. The molecule has 1 atom stereocenters. The maximum Gasteiger partial charge on any atom is 0.123 e. The van der Waals surface area contributed by atoms with Crippen molar-refractivity contribution in [2.24, 2.45) is 0 Å². The van der Waals surface area contributed by atoms with Gasteiger partial charge in [-0.3, -0.25) is 0 Å². The molecule has 1 N–H and O–H groups in total. The van der Waals surface area contributed by atoms with Crippen LogP contribution in [-0.2, 0) is 0 Å². The number of benzene rings is 1. The zero-order chi connectivity index (χ0) is 14.8. The van der Waals surface area contributed by atoms with Gasteiger partial charge in [0.25, 0.3) is 0 Å². The van der Waals surface area contributed by atoms with E-state index in [-0.39, 0.29) is 0 Å². The lowest BCUT2D eigenvalue weighted by atomic mass is 9.99. The fourth-order valence-electron chi connectivity index (χ4n) is 2.41. The van der Waals surface area contributed by atoms with Crippen molar-refractivity contribution >= 4 is 11.6 Å². The summed E-state index contributed by atoms with van der Waals surface area (Å²) in [4.78, 5) is 0. The third-order valence-electron chi connectivity index (χ3n) is 3.42. The van der Waals surface area contributed by atoms with E-state index in [4.69, 9.17) is 16.3 Å². The number of rotatable bonds is 10. The molecule has 3 heteroatoms. The molecule has 0 aliphatic carbocycles. The average molecular weight is 296 g/mol. The Morgan fingerprint density at radius 1 is 1.35 bits per heavy atom. The molecule has 0 spiro atoms. The van der Waals surface area contributed by atoms with Gasteiger partial charge in [-0.2, -0.15) is 0 Å².